The number of aryl methyl sites for hydroxylation is 2. The van der Waals surface area contributed by atoms with Gasteiger partial charge in [0.25, 0.3) is 17.1 Å². The molecular weight excluding hydrogens is 530 g/mol. The molecule has 40 heavy (non-hydrogen) atoms. The highest BCUT2D eigenvalue weighted by Gasteiger charge is 2.36. The second kappa shape index (κ2) is 13.0. The maximum Gasteiger partial charge on any atom is 0.294 e. The summed E-state index contributed by atoms with van der Waals surface area (Å²) < 4.78 is 11.4. The van der Waals surface area contributed by atoms with Crippen LogP contribution in [-0.4, -0.2) is 47.6 Å². The molecule has 0 atom stereocenters. The first kappa shape index (κ1) is 28.4. The SMILES string of the molecule is CCOc1cc(/C=C2\SC(=O)N(CC(=O)Nc3cccc(C)c3)C2=O)ccc1OCC(=O)Nc1ccccc1C. The minimum Gasteiger partial charge on any atom is -0.490 e. The minimum absolute atomic E-state index is 0.182. The number of imide groups is 1. The number of hydrogen-bond acceptors (Lipinski definition) is 7. The molecule has 1 heterocycles. The van der Waals surface area contributed by atoms with E-state index in [0.29, 0.717) is 35.0 Å². The topological polar surface area (TPSA) is 114 Å². The Labute approximate surface area is 236 Å². The Morgan fingerprint density at radius 1 is 0.900 bits per heavy atom. The average Bonchev–Trinajstić information content (AvgIpc) is 3.17. The fourth-order valence-electron chi connectivity index (χ4n) is 3.90. The quantitative estimate of drug-likeness (QED) is 0.320. The summed E-state index contributed by atoms with van der Waals surface area (Å²) in [4.78, 5) is 51.4. The Hall–Kier alpha value is -4.57. The van der Waals surface area contributed by atoms with Gasteiger partial charge >= 0.3 is 0 Å². The van der Waals surface area contributed by atoms with Gasteiger partial charge in [-0.3, -0.25) is 24.1 Å². The maximum atomic E-state index is 12.9. The molecule has 0 unspecified atom stereocenters. The van der Waals surface area contributed by atoms with Gasteiger partial charge < -0.3 is 20.1 Å². The number of amides is 4. The van der Waals surface area contributed by atoms with Crippen LogP contribution in [0.15, 0.2) is 71.6 Å². The molecule has 0 saturated carbocycles. The van der Waals surface area contributed by atoms with Crippen LogP contribution in [0.5, 0.6) is 11.5 Å². The van der Waals surface area contributed by atoms with E-state index in [4.69, 9.17) is 9.47 Å². The smallest absolute Gasteiger partial charge is 0.294 e. The van der Waals surface area contributed by atoms with E-state index >= 15 is 0 Å². The zero-order chi connectivity index (χ0) is 28.6. The number of nitrogens with zero attached hydrogens (tertiary/aromatic N) is 1. The van der Waals surface area contributed by atoms with Crippen LogP contribution in [0.4, 0.5) is 16.2 Å². The number of benzene rings is 3. The maximum absolute atomic E-state index is 12.9. The fraction of sp³-hybridized carbons (Fsp3) is 0.200. The summed E-state index contributed by atoms with van der Waals surface area (Å²) in [6.45, 7) is 5.35. The molecule has 0 spiro atoms. The van der Waals surface area contributed by atoms with E-state index in [0.717, 1.165) is 27.8 Å². The largest absolute Gasteiger partial charge is 0.490 e. The number of thioether (sulfide) groups is 1. The van der Waals surface area contributed by atoms with Crippen molar-refractivity contribution in [2.75, 3.05) is 30.4 Å². The number of carbonyl (C=O) groups is 4. The first-order valence-electron chi connectivity index (χ1n) is 12.6. The number of nitrogens with one attached hydrogen (secondary N) is 2. The molecule has 3 aromatic carbocycles. The summed E-state index contributed by atoms with van der Waals surface area (Å²) in [6, 6.07) is 19.7. The lowest BCUT2D eigenvalue weighted by Gasteiger charge is -2.13. The molecule has 0 radical (unpaired) electrons. The van der Waals surface area contributed by atoms with Gasteiger partial charge in [-0.2, -0.15) is 0 Å². The van der Waals surface area contributed by atoms with Crippen molar-refractivity contribution in [3.63, 3.8) is 0 Å². The molecule has 0 aliphatic carbocycles. The number of hydrogen-bond donors (Lipinski definition) is 2. The number of anilines is 2. The normalized spacial score (nSPS) is 13.9. The lowest BCUT2D eigenvalue weighted by atomic mass is 10.2. The molecule has 206 valence electrons. The molecule has 9 nitrogen and oxygen atoms in total. The van der Waals surface area contributed by atoms with Crippen molar-refractivity contribution < 1.29 is 28.7 Å². The van der Waals surface area contributed by atoms with Crippen molar-refractivity contribution in [1.82, 2.24) is 4.90 Å². The van der Waals surface area contributed by atoms with Gasteiger partial charge in [0.05, 0.1) is 11.5 Å². The Kier molecular flexibility index (Phi) is 9.23. The lowest BCUT2D eigenvalue weighted by Crippen LogP contribution is -2.36. The Bertz CT molecular complexity index is 1490. The van der Waals surface area contributed by atoms with Gasteiger partial charge in [0.2, 0.25) is 5.91 Å². The predicted octanol–water partition coefficient (Wildman–Crippen LogP) is 5.39. The number of rotatable bonds is 10. The van der Waals surface area contributed by atoms with Crippen LogP contribution < -0.4 is 20.1 Å². The van der Waals surface area contributed by atoms with Gasteiger partial charge in [0.1, 0.15) is 6.54 Å². The Morgan fingerprint density at radius 3 is 2.45 bits per heavy atom. The summed E-state index contributed by atoms with van der Waals surface area (Å²) in [6.07, 6.45) is 1.56. The molecule has 3 aromatic rings. The van der Waals surface area contributed by atoms with E-state index in [2.05, 4.69) is 10.6 Å². The molecule has 1 fully saturated rings. The molecule has 4 amide bonds. The fourth-order valence-corrected chi connectivity index (χ4v) is 4.74. The molecule has 2 N–H and O–H groups in total. The first-order chi connectivity index (χ1) is 19.2. The van der Waals surface area contributed by atoms with E-state index in [1.807, 2.05) is 51.1 Å². The van der Waals surface area contributed by atoms with E-state index in [-0.39, 0.29) is 17.4 Å². The van der Waals surface area contributed by atoms with Crippen LogP contribution in [0.3, 0.4) is 0 Å². The molecule has 1 aliphatic heterocycles. The van der Waals surface area contributed by atoms with Crippen LogP contribution in [0.1, 0.15) is 23.6 Å². The summed E-state index contributed by atoms with van der Waals surface area (Å²) in [5.41, 5.74) is 3.80. The van der Waals surface area contributed by atoms with Crippen molar-refractivity contribution in [2.45, 2.75) is 20.8 Å². The van der Waals surface area contributed by atoms with E-state index < -0.39 is 23.6 Å². The van der Waals surface area contributed by atoms with Gasteiger partial charge in [-0.05, 0) is 85.6 Å². The van der Waals surface area contributed by atoms with Gasteiger partial charge in [-0.15, -0.1) is 0 Å². The first-order valence-corrected chi connectivity index (χ1v) is 13.4. The van der Waals surface area contributed by atoms with E-state index in [9.17, 15) is 19.2 Å². The number of carbonyl (C=O) groups excluding carboxylic acids is 4. The minimum atomic E-state index is -0.555. The van der Waals surface area contributed by atoms with Gasteiger partial charge in [0, 0.05) is 11.4 Å². The monoisotopic (exact) mass is 559 g/mol. The van der Waals surface area contributed by atoms with Gasteiger partial charge in [-0.25, -0.2) is 0 Å². The van der Waals surface area contributed by atoms with Crippen LogP contribution >= 0.6 is 11.8 Å². The molecule has 10 heteroatoms. The van der Waals surface area contributed by atoms with Crippen LogP contribution in [0.25, 0.3) is 6.08 Å². The van der Waals surface area contributed by atoms with Gasteiger partial charge in [0.15, 0.2) is 18.1 Å². The van der Waals surface area contributed by atoms with E-state index in [1.54, 1.807) is 42.5 Å². The summed E-state index contributed by atoms with van der Waals surface area (Å²) >= 11 is 0.760. The molecule has 1 saturated heterocycles. The third-order valence-corrected chi connectivity index (χ3v) is 6.73. The second-order valence-electron chi connectivity index (χ2n) is 8.98. The van der Waals surface area contributed by atoms with Crippen molar-refractivity contribution in [1.29, 1.82) is 0 Å². The molecular formula is C30H29N3O6S. The predicted molar refractivity (Wildman–Crippen MR) is 155 cm³/mol. The van der Waals surface area contributed by atoms with Crippen LogP contribution in [0, 0.1) is 13.8 Å². The Balaban J connectivity index is 1.41. The van der Waals surface area contributed by atoms with E-state index in [1.165, 1.54) is 0 Å². The van der Waals surface area contributed by atoms with Crippen molar-refractivity contribution >= 4 is 52.2 Å². The zero-order valence-electron chi connectivity index (χ0n) is 22.4. The highest BCUT2D eigenvalue weighted by molar-refractivity contribution is 8.18. The summed E-state index contributed by atoms with van der Waals surface area (Å²) in [5, 5.41) is 4.99. The molecule has 0 aromatic heterocycles. The highest BCUT2D eigenvalue weighted by atomic mass is 32.2. The molecule has 4 rings (SSSR count). The number of para-hydroxylation sites is 1. The van der Waals surface area contributed by atoms with Crippen molar-refractivity contribution in [3.8, 4) is 11.5 Å². The lowest BCUT2D eigenvalue weighted by molar-refractivity contribution is -0.127. The van der Waals surface area contributed by atoms with Crippen LogP contribution in [-0.2, 0) is 14.4 Å². The molecule has 1 aliphatic rings. The standard InChI is InChI=1S/C30H29N3O6S/c1-4-38-25-15-21(12-13-24(25)39-18-28(35)32-23-11-6-5-9-20(23)3)16-26-29(36)33(30(37)40-26)17-27(34)31-22-10-7-8-19(2)14-22/h5-16H,4,17-18H2,1-3H3,(H,31,34)(H,32,35)/b26-16-. The Morgan fingerprint density at radius 2 is 1.70 bits per heavy atom. The van der Waals surface area contributed by atoms with Crippen molar-refractivity contribution in [2.24, 2.45) is 0 Å². The molecule has 0 bridgehead atoms. The van der Waals surface area contributed by atoms with Gasteiger partial charge in [-0.1, -0.05) is 36.4 Å². The summed E-state index contributed by atoms with van der Waals surface area (Å²) in [7, 11) is 0. The third-order valence-electron chi connectivity index (χ3n) is 5.82. The second-order valence-corrected chi connectivity index (χ2v) is 9.97. The zero-order valence-corrected chi connectivity index (χ0v) is 23.2. The average molecular weight is 560 g/mol. The highest BCUT2D eigenvalue weighted by Crippen LogP contribution is 2.34. The number of ether oxygens (including phenoxy) is 2. The third kappa shape index (κ3) is 7.29. The summed E-state index contributed by atoms with van der Waals surface area (Å²) in [5.74, 6) is -0.598. The van der Waals surface area contributed by atoms with Crippen LogP contribution in [0.2, 0.25) is 0 Å². The van der Waals surface area contributed by atoms with Crippen molar-refractivity contribution in [3.05, 3.63) is 88.3 Å².